The van der Waals surface area contributed by atoms with Crippen molar-refractivity contribution in [2.45, 2.75) is 26.3 Å². The maximum absolute atomic E-state index is 12.3. The predicted molar refractivity (Wildman–Crippen MR) is 98.3 cm³/mol. The number of aromatic nitrogens is 1. The Labute approximate surface area is 153 Å². The van der Waals surface area contributed by atoms with Crippen LogP contribution in [0.2, 0.25) is 0 Å². The molecule has 1 saturated heterocycles. The van der Waals surface area contributed by atoms with Crippen molar-refractivity contribution in [1.82, 2.24) is 15.2 Å². The summed E-state index contributed by atoms with van der Waals surface area (Å²) in [5.41, 5.74) is 1.05. The maximum atomic E-state index is 12.3. The molecule has 3 rings (SSSR count). The van der Waals surface area contributed by atoms with Crippen molar-refractivity contribution < 1.29 is 14.0 Å². The lowest BCUT2D eigenvalue weighted by molar-refractivity contribution is 0.0714. The van der Waals surface area contributed by atoms with Gasteiger partial charge in [0.15, 0.2) is 5.76 Å². The zero-order chi connectivity index (χ0) is 18.7. The molecule has 2 aromatic heterocycles. The molecule has 0 aromatic carbocycles. The van der Waals surface area contributed by atoms with Gasteiger partial charge in [-0.3, -0.25) is 9.59 Å². The molecule has 0 unspecified atom stereocenters. The van der Waals surface area contributed by atoms with E-state index in [1.807, 2.05) is 26.8 Å². The first-order chi connectivity index (χ1) is 12.3. The third-order valence-electron chi connectivity index (χ3n) is 4.13. The fourth-order valence-electron chi connectivity index (χ4n) is 2.84. The number of carbonyl (C=O) groups excluding carboxylic acids is 2. The fourth-order valence-corrected chi connectivity index (χ4v) is 2.84. The lowest BCUT2D eigenvalue weighted by Crippen LogP contribution is -2.48. The molecule has 1 aliphatic rings. The van der Waals surface area contributed by atoms with Crippen molar-refractivity contribution in [3.63, 3.8) is 0 Å². The number of nitrogens with zero attached hydrogens (tertiary/aromatic N) is 3. The van der Waals surface area contributed by atoms with Gasteiger partial charge in [0.2, 0.25) is 0 Å². The van der Waals surface area contributed by atoms with Crippen molar-refractivity contribution in [2.75, 3.05) is 31.1 Å². The number of hydrogen-bond donors (Lipinski definition) is 1. The molecule has 0 aliphatic carbocycles. The van der Waals surface area contributed by atoms with E-state index in [4.69, 9.17) is 4.42 Å². The molecule has 0 spiro atoms. The SMILES string of the molecule is CC(C)(C)NC(=O)c1ccc(N2CCN(C(=O)c3ccco3)CC2)cn1. The Morgan fingerprint density at radius 1 is 1.12 bits per heavy atom. The van der Waals surface area contributed by atoms with E-state index in [9.17, 15) is 9.59 Å². The second-order valence-electron chi connectivity index (χ2n) is 7.36. The predicted octanol–water partition coefficient (Wildman–Crippen LogP) is 2.17. The van der Waals surface area contributed by atoms with E-state index in [2.05, 4.69) is 15.2 Å². The minimum Gasteiger partial charge on any atom is -0.459 e. The minimum atomic E-state index is -0.297. The molecule has 3 heterocycles. The molecule has 0 saturated carbocycles. The quantitative estimate of drug-likeness (QED) is 0.912. The maximum Gasteiger partial charge on any atom is 0.289 e. The summed E-state index contributed by atoms with van der Waals surface area (Å²) in [7, 11) is 0. The van der Waals surface area contributed by atoms with Crippen LogP contribution in [-0.2, 0) is 0 Å². The van der Waals surface area contributed by atoms with Gasteiger partial charge in [0, 0.05) is 31.7 Å². The van der Waals surface area contributed by atoms with Crippen LogP contribution in [0.15, 0.2) is 41.1 Å². The molecule has 0 atom stereocenters. The number of furan rings is 1. The Morgan fingerprint density at radius 3 is 2.38 bits per heavy atom. The molecule has 2 amide bonds. The number of amides is 2. The lowest BCUT2D eigenvalue weighted by atomic mass is 10.1. The monoisotopic (exact) mass is 356 g/mol. The number of nitrogens with one attached hydrogen (secondary N) is 1. The number of piperazine rings is 1. The van der Waals surface area contributed by atoms with Crippen LogP contribution >= 0.6 is 0 Å². The van der Waals surface area contributed by atoms with Gasteiger partial charge in [-0.15, -0.1) is 0 Å². The van der Waals surface area contributed by atoms with E-state index in [0.29, 0.717) is 37.6 Å². The Bertz CT molecular complexity index is 755. The highest BCUT2D eigenvalue weighted by atomic mass is 16.3. The Balaban J connectivity index is 1.58. The van der Waals surface area contributed by atoms with Gasteiger partial charge < -0.3 is 19.5 Å². The highest BCUT2D eigenvalue weighted by Crippen LogP contribution is 2.17. The zero-order valence-electron chi connectivity index (χ0n) is 15.4. The summed E-state index contributed by atoms with van der Waals surface area (Å²) < 4.78 is 5.18. The first-order valence-corrected chi connectivity index (χ1v) is 8.70. The van der Waals surface area contributed by atoms with Crippen LogP contribution < -0.4 is 10.2 Å². The van der Waals surface area contributed by atoms with Crippen LogP contribution in [0.5, 0.6) is 0 Å². The second kappa shape index (κ2) is 7.19. The van der Waals surface area contributed by atoms with Gasteiger partial charge in [0.05, 0.1) is 18.1 Å². The minimum absolute atomic E-state index is 0.0815. The van der Waals surface area contributed by atoms with Gasteiger partial charge >= 0.3 is 0 Å². The van der Waals surface area contributed by atoms with Gasteiger partial charge in [0.1, 0.15) is 5.69 Å². The number of carbonyl (C=O) groups is 2. The van der Waals surface area contributed by atoms with E-state index in [1.165, 1.54) is 6.26 Å². The third-order valence-corrected chi connectivity index (χ3v) is 4.13. The van der Waals surface area contributed by atoms with Crippen LogP contribution in [-0.4, -0.2) is 53.4 Å². The first kappa shape index (κ1) is 18.0. The van der Waals surface area contributed by atoms with Gasteiger partial charge in [-0.2, -0.15) is 0 Å². The standard InChI is InChI=1S/C19H24N4O3/c1-19(2,3)21-17(24)15-7-6-14(13-20-15)22-8-10-23(11-9-22)18(25)16-5-4-12-26-16/h4-7,12-13H,8-11H2,1-3H3,(H,21,24). The number of anilines is 1. The number of pyridine rings is 1. The Kier molecular flexibility index (Phi) is 4.97. The van der Waals surface area contributed by atoms with Crippen LogP contribution in [0.3, 0.4) is 0 Å². The molecule has 138 valence electrons. The van der Waals surface area contributed by atoms with E-state index in [-0.39, 0.29) is 17.4 Å². The number of rotatable bonds is 3. The van der Waals surface area contributed by atoms with Crippen molar-refractivity contribution >= 4 is 17.5 Å². The van der Waals surface area contributed by atoms with Crippen LogP contribution in [0, 0.1) is 0 Å². The molecule has 2 aromatic rings. The van der Waals surface area contributed by atoms with Crippen molar-refractivity contribution in [3.05, 3.63) is 48.2 Å². The Hall–Kier alpha value is -2.83. The van der Waals surface area contributed by atoms with Crippen molar-refractivity contribution in [1.29, 1.82) is 0 Å². The fraction of sp³-hybridized carbons (Fsp3) is 0.421. The molecule has 1 fully saturated rings. The smallest absolute Gasteiger partial charge is 0.289 e. The molecule has 0 radical (unpaired) electrons. The topological polar surface area (TPSA) is 78.7 Å². The van der Waals surface area contributed by atoms with Crippen LogP contribution in [0.4, 0.5) is 5.69 Å². The molecule has 1 N–H and O–H groups in total. The third kappa shape index (κ3) is 4.22. The molecule has 0 bridgehead atoms. The zero-order valence-corrected chi connectivity index (χ0v) is 15.4. The molecular weight excluding hydrogens is 332 g/mol. The van der Waals surface area contributed by atoms with E-state index in [0.717, 1.165) is 5.69 Å². The number of hydrogen-bond acceptors (Lipinski definition) is 5. The van der Waals surface area contributed by atoms with E-state index >= 15 is 0 Å². The highest BCUT2D eigenvalue weighted by Gasteiger charge is 2.24. The Morgan fingerprint density at radius 2 is 1.85 bits per heavy atom. The summed E-state index contributed by atoms with van der Waals surface area (Å²) in [5.74, 6) is 0.106. The van der Waals surface area contributed by atoms with E-state index in [1.54, 1.807) is 29.3 Å². The molecule has 7 heteroatoms. The summed E-state index contributed by atoms with van der Waals surface area (Å²) in [6.45, 7) is 8.45. The largest absolute Gasteiger partial charge is 0.459 e. The summed E-state index contributed by atoms with van der Waals surface area (Å²) in [6.07, 6.45) is 3.22. The first-order valence-electron chi connectivity index (χ1n) is 8.70. The summed E-state index contributed by atoms with van der Waals surface area (Å²) in [5, 5.41) is 2.90. The normalized spacial score (nSPS) is 15.0. The van der Waals surface area contributed by atoms with E-state index < -0.39 is 0 Å². The van der Waals surface area contributed by atoms with Crippen molar-refractivity contribution in [2.24, 2.45) is 0 Å². The van der Waals surface area contributed by atoms with Crippen LogP contribution in [0.25, 0.3) is 0 Å². The molecular formula is C19H24N4O3. The average molecular weight is 356 g/mol. The molecule has 7 nitrogen and oxygen atoms in total. The lowest BCUT2D eigenvalue weighted by Gasteiger charge is -2.35. The molecule has 1 aliphatic heterocycles. The van der Waals surface area contributed by atoms with Crippen molar-refractivity contribution in [3.8, 4) is 0 Å². The van der Waals surface area contributed by atoms with Gasteiger partial charge in [0.25, 0.3) is 11.8 Å². The average Bonchev–Trinajstić information content (AvgIpc) is 3.14. The summed E-state index contributed by atoms with van der Waals surface area (Å²) in [6, 6.07) is 7.03. The highest BCUT2D eigenvalue weighted by molar-refractivity contribution is 5.93. The van der Waals surface area contributed by atoms with Crippen LogP contribution in [0.1, 0.15) is 41.8 Å². The summed E-state index contributed by atoms with van der Waals surface area (Å²) >= 11 is 0. The summed E-state index contributed by atoms with van der Waals surface area (Å²) in [4.78, 5) is 32.7. The molecule has 26 heavy (non-hydrogen) atoms. The van der Waals surface area contributed by atoms with Gasteiger partial charge in [-0.25, -0.2) is 4.98 Å². The van der Waals surface area contributed by atoms with Gasteiger partial charge in [-0.1, -0.05) is 0 Å². The van der Waals surface area contributed by atoms with Gasteiger partial charge in [-0.05, 0) is 45.0 Å². The second-order valence-corrected chi connectivity index (χ2v) is 7.36.